The predicted molar refractivity (Wildman–Crippen MR) is 130 cm³/mol. The Hall–Kier alpha value is -4.05. The lowest BCUT2D eigenvalue weighted by Gasteiger charge is -2.25. The van der Waals surface area contributed by atoms with Gasteiger partial charge in [-0.25, -0.2) is 9.78 Å². The first-order valence-electron chi connectivity index (χ1n) is 11.7. The number of carboxylic acid groups (broad SMARTS) is 2. The number of carboxylic acids is 2. The van der Waals surface area contributed by atoms with Crippen LogP contribution >= 0.6 is 0 Å². The Kier molecular flexibility index (Phi) is 12.8. The van der Waals surface area contributed by atoms with Crippen molar-refractivity contribution in [2.24, 2.45) is 11.7 Å². The maximum absolute atomic E-state index is 13.0. The van der Waals surface area contributed by atoms with Gasteiger partial charge < -0.3 is 47.3 Å². The Bertz CT molecular complexity index is 984. The Labute approximate surface area is 218 Å². The number of carbonyl (C=O) groups is 6. The number of carbonyl (C=O) groups excluding carboxylic acids is 4. The average Bonchev–Trinajstić information content (AvgIpc) is 3.33. The zero-order valence-electron chi connectivity index (χ0n) is 21.3. The lowest BCUT2D eigenvalue weighted by atomic mass is 10.0. The van der Waals surface area contributed by atoms with E-state index in [9.17, 15) is 33.9 Å². The zero-order chi connectivity index (χ0) is 29.0. The van der Waals surface area contributed by atoms with Gasteiger partial charge >= 0.3 is 11.9 Å². The van der Waals surface area contributed by atoms with E-state index in [1.54, 1.807) is 13.8 Å². The molecule has 0 saturated heterocycles. The molecule has 0 fully saturated rings. The summed E-state index contributed by atoms with van der Waals surface area (Å²) in [5.74, 6) is -6.51. The van der Waals surface area contributed by atoms with Gasteiger partial charge in [-0.2, -0.15) is 0 Å². The van der Waals surface area contributed by atoms with Crippen LogP contribution < -0.4 is 27.0 Å². The van der Waals surface area contributed by atoms with Crippen LogP contribution in [0.4, 0.5) is 0 Å². The van der Waals surface area contributed by atoms with Gasteiger partial charge in [0.25, 0.3) is 0 Å². The molecule has 0 radical (unpaired) electrons. The lowest BCUT2D eigenvalue weighted by Crippen LogP contribution is -2.58. The van der Waals surface area contributed by atoms with Crippen LogP contribution in [0, 0.1) is 5.92 Å². The van der Waals surface area contributed by atoms with E-state index in [4.69, 9.17) is 15.9 Å². The third-order valence-electron chi connectivity index (χ3n) is 5.23. The number of rotatable bonds is 16. The number of aliphatic hydroxyl groups is 1. The van der Waals surface area contributed by atoms with Crippen molar-refractivity contribution in [1.82, 2.24) is 31.2 Å². The molecule has 0 aliphatic carbocycles. The fourth-order valence-electron chi connectivity index (χ4n) is 3.23. The molecule has 0 aliphatic heterocycles. The molecule has 1 heterocycles. The monoisotopic (exact) mass is 541 g/mol. The quantitative estimate of drug-likeness (QED) is 0.101. The number of nitrogens with zero attached hydrogens (tertiary/aromatic N) is 1. The third kappa shape index (κ3) is 10.9. The average molecular weight is 542 g/mol. The molecule has 0 unspecified atom stereocenters. The summed E-state index contributed by atoms with van der Waals surface area (Å²) in [5, 5.41) is 36.2. The summed E-state index contributed by atoms with van der Waals surface area (Å²) in [6, 6.07) is -6.76. The number of aromatic nitrogens is 2. The molecule has 1 aromatic rings. The molecule has 38 heavy (non-hydrogen) atoms. The summed E-state index contributed by atoms with van der Waals surface area (Å²) in [6.45, 7) is 3.88. The number of aliphatic hydroxyl groups excluding tert-OH is 1. The maximum atomic E-state index is 13.0. The summed E-state index contributed by atoms with van der Waals surface area (Å²) >= 11 is 0. The van der Waals surface area contributed by atoms with Gasteiger partial charge in [0, 0.05) is 18.3 Å². The molecule has 0 saturated carbocycles. The van der Waals surface area contributed by atoms with Crippen LogP contribution in [-0.2, 0) is 35.2 Å². The summed E-state index contributed by atoms with van der Waals surface area (Å²) in [5.41, 5.74) is 6.53. The molecule has 16 heteroatoms. The van der Waals surface area contributed by atoms with Gasteiger partial charge in [0.2, 0.25) is 23.6 Å². The number of hydrogen-bond acceptors (Lipinski definition) is 9. The van der Waals surface area contributed by atoms with Crippen molar-refractivity contribution in [2.75, 3.05) is 6.61 Å². The van der Waals surface area contributed by atoms with Crippen molar-refractivity contribution in [3.05, 3.63) is 18.2 Å². The Morgan fingerprint density at radius 1 is 0.895 bits per heavy atom. The van der Waals surface area contributed by atoms with Gasteiger partial charge in [-0.3, -0.25) is 24.0 Å². The number of imidazole rings is 1. The summed E-state index contributed by atoms with van der Waals surface area (Å²) in [7, 11) is 0. The van der Waals surface area contributed by atoms with Crippen molar-refractivity contribution in [1.29, 1.82) is 0 Å². The minimum Gasteiger partial charge on any atom is -0.481 e. The van der Waals surface area contributed by atoms with E-state index >= 15 is 0 Å². The van der Waals surface area contributed by atoms with Crippen LogP contribution in [0.5, 0.6) is 0 Å². The molecular formula is C22H35N7O9. The highest BCUT2D eigenvalue weighted by molar-refractivity contribution is 5.96. The van der Waals surface area contributed by atoms with Crippen molar-refractivity contribution in [2.45, 2.75) is 70.2 Å². The first kappa shape index (κ1) is 32.0. The standard InChI is InChI=1S/C22H35N7O9/c1-10(2)4-14(27-19(34)13(23)5-12-7-24-9-25-12)21(36)28-15(6-17(31)32)20(35)26-11(3)18(33)29-16(8-30)22(37)38/h7,9-11,13-16,30H,4-6,8,23H2,1-3H3,(H,24,25)(H,26,35)(H,27,34)(H,28,36)(H,29,33)(H,31,32)(H,37,38)/t11-,13-,14-,15-,16-/m0/s1. The molecular weight excluding hydrogens is 506 g/mol. The van der Waals surface area contributed by atoms with E-state index in [1.807, 2.05) is 5.32 Å². The molecule has 4 amide bonds. The highest BCUT2D eigenvalue weighted by Crippen LogP contribution is 2.08. The molecule has 212 valence electrons. The molecule has 0 spiro atoms. The van der Waals surface area contributed by atoms with Crippen molar-refractivity contribution in [3.8, 4) is 0 Å². The van der Waals surface area contributed by atoms with E-state index < -0.39 is 78.8 Å². The molecule has 5 atom stereocenters. The molecule has 1 aromatic heterocycles. The SMILES string of the molecule is CC(C)C[C@H](NC(=O)[C@@H](N)Cc1cnc[nH]1)C(=O)N[C@@H](CC(=O)O)C(=O)N[C@@H](C)C(=O)N[C@@H](CO)C(=O)O. The summed E-state index contributed by atoms with van der Waals surface area (Å²) in [6.07, 6.45) is 2.33. The van der Waals surface area contributed by atoms with Gasteiger partial charge in [0.05, 0.1) is 25.4 Å². The van der Waals surface area contributed by atoms with Crippen molar-refractivity contribution < 1.29 is 44.1 Å². The van der Waals surface area contributed by atoms with Gasteiger partial charge in [-0.1, -0.05) is 13.8 Å². The lowest BCUT2D eigenvalue weighted by molar-refractivity contribution is -0.144. The molecule has 0 bridgehead atoms. The fourth-order valence-corrected chi connectivity index (χ4v) is 3.23. The van der Waals surface area contributed by atoms with Crippen LogP contribution in [0.25, 0.3) is 0 Å². The Morgan fingerprint density at radius 2 is 1.47 bits per heavy atom. The Balaban J connectivity index is 2.92. The second-order valence-electron chi connectivity index (χ2n) is 9.05. The number of aliphatic carboxylic acids is 2. The normalized spacial score (nSPS) is 14.9. The number of amides is 4. The largest absolute Gasteiger partial charge is 0.481 e. The number of H-pyrrole nitrogens is 1. The molecule has 16 nitrogen and oxygen atoms in total. The number of nitrogens with two attached hydrogens (primary N) is 1. The van der Waals surface area contributed by atoms with Crippen LogP contribution in [0.1, 0.15) is 39.3 Å². The molecule has 0 aromatic carbocycles. The molecule has 1 rings (SSSR count). The fraction of sp³-hybridized carbons (Fsp3) is 0.591. The second-order valence-corrected chi connectivity index (χ2v) is 9.05. The highest BCUT2D eigenvalue weighted by Gasteiger charge is 2.32. The molecule has 0 aliphatic rings. The van der Waals surface area contributed by atoms with E-state index in [2.05, 4.69) is 25.9 Å². The highest BCUT2D eigenvalue weighted by atomic mass is 16.4. The number of nitrogens with one attached hydrogen (secondary N) is 5. The van der Waals surface area contributed by atoms with Crippen molar-refractivity contribution >= 4 is 35.6 Å². The molecule has 10 N–H and O–H groups in total. The summed E-state index contributed by atoms with van der Waals surface area (Å²) in [4.78, 5) is 79.5. The minimum absolute atomic E-state index is 0.0842. The Morgan fingerprint density at radius 3 is 1.97 bits per heavy atom. The second kappa shape index (κ2) is 15.3. The van der Waals surface area contributed by atoms with E-state index in [-0.39, 0.29) is 18.8 Å². The third-order valence-corrected chi connectivity index (χ3v) is 5.23. The predicted octanol–water partition coefficient (Wildman–Crippen LogP) is -3.16. The topological polar surface area (TPSA) is 266 Å². The van der Waals surface area contributed by atoms with Crippen LogP contribution in [0.15, 0.2) is 12.5 Å². The van der Waals surface area contributed by atoms with Crippen LogP contribution in [-0.4, -0.2) is 97.7 Å². The van der Waals surface area contributed by atoms with Crippen LogP contribution in [0.3, 0.4) is 0 Å². The van der Waals surface area contributed by atoms with E-state index in [0.717, 1.165) is 0 Å². The maximum Gasteiger partial charge on any atom is 0.328 e. The first-order valence-corrected chi connectivity index (χ1v) is 11.7. The van der Waals surface area contributed by atoms with Gasteiger partial charge in [0.15, 0.2) is 0 Å². The van der Waals surface area contributed by atoms with Gasteiger partial charge in [-0.15, -0.1) is 0 Å². The summed E-state index contributed by atoms with van der Waals surface area (Å²) < 4.78 is 0. The first-order chi connectivity index (χ1) is 17.7. The van der Waals surface area contributed by atoms with Crippen LogP contribution in [0.2, 0.25) is 0 Å². The minimum atomic E-state index is -1.63. The smallest absolute Gasteiger partial charge is 0.328 e. The number of aromatic amines is 1. The van der Waals surface area contributed by atoms with E-state index in [0.29, 0.717) is 5.69 Å². The number of hydrogen-bond donors (Lipinski definition) is 9. The zero-order valence-corrected chi connectivity index (χ0v) is 21.3. The van der Waals surface area contributed by atoms with E-state index in [1.165, 1.54) is 19.4 Å². The van der Waals surface area contributed by atoms with Gasteiger partial charge in [-0.05, 0) is 19.3 Å². The van der Waals surface area contributed by atoms with Gasteiger partial charge in [0.1, 0.15) is 24.2 Å². The van der Waals surface area contributed by atoms with Crippen molar-refractivity contribution in [3.63, 3.8) is 0 Å².